The lowest BCUT2D eigenvalue weighted by Crippen LogP contribution is -2.43. The van der Waals surface area contributed by atoms with Crippen molar-refractivity contribution in [2.24, 2.45) is 0 Å². The molecule has 0 unspecified atom stereocenters. The van der Waals surface area contributed by atoms with Crippen LogP contribution in [0, 0.1) is 0 Å². The van der Waals surface area contributed by atoms with Crippen molar-refractivity contribution in [1.82, 2.24) is 19.4 Å². The van der Waals surface area contributed by atoms with E-state index in [-0.39, 0.29) is 0 Å². The molecular formula is C19H22N4O. The first-order valence-corrected chi connectivity index (χ1v) is 8.50. The van der Waals surface area contributed by atoms with Crippen molar-refractivity contribution in [3.63, 3.8) is 0 Å². The first-order valence-electron chi connectivity index (χ1n) is 8.50. The van der Waals surface area contributed by atoms with Crippen LogP contribution in [0.3, 0.4) is 0 Å². The molecule has 1 fully saturated rings. The second-order valence-corrected chi connectivity index (χ2v) is 6.54. The summed E-state index contributed by atoms with van der Waals surface area (Å²) in [6, 6.07) is 12.1. The molecule has 1 aromatic carbocycles. The van der Waals surface area contributed by atoms with E-state index in [9.17, 15) is 5.11 Å². The maximum absolute atomic E-state index is 10.9. The van der Waals surface area contributed by atoms with Crippen molar-refractivity contribution >= 4 is 11.0 Å². The van der Waals surface area contributed by atoms with Crippen molar-refractivity contribution in [2.75, 3.05) is 19.6 Å². The van der Waals surface area contributed by atoms with Gasteiger partial charge in [0.25, 0.3) is 0 Å². The van der Waals surface area contributed by atoms with E-state index in [0.717, 1.165) is 50.1 Å². The maximum Gasteiger partial charge on any atom is 0.0958 e. The minimum Gasteiger partial charge on any atom is -0.385 e. The molecule has 0 bridgehead atoms. The van der Waals surface area contributed by atoms with Crippen LogP contribution in [-0.2, 0) is 12.1 Å². The summed E-state index contributed by atoms with van der Waals surface area (Å²) in [5, 5.41) is 10.9. The molecule has 24 heavy (non-hydrogen) atoms. The third kappa shape index (κ3) is 2.92. The molecule has 0 spiro atoms. The molecular weight excluding hydrogens is 300 g/mol. The van der Waals surface area contributed by atoms with Gasteiger partial charge in [-0.3, -0.25) is 4.98 Å². The fourth-order valence-corrected chi connectivity index (χ4v) is 3.51. The Hall–Kier alpha value is -2.24. The summed E-state index contributed by atoms with van der Waals surface area (Å²) in [6.45, 7) is 3.70. The highest BCUT2D eigenvalue weighted by Crippen LogP contribution is 2.32. The minimum absolute atomic E-state index is 0.730. The molecule has 0 radical (unpaired) electrons. The van der Waals surface area contributed by atoms with Gasteiger partial charge in [0, 0.05) is 44.1 Å². The van der Waals surface area contributed by atoms with E-state index < -0.39 is 5.60 Å². The van der Waals surface area contributed by atoms with E-state index in [2.05, 4.69) is 31.6 Å². The van der Waals surface area contributed by atoms with E-state index in [4.69, 9.17) is 0 Å². The highest BCUT2D eigenvalue weighted by molar-refractivity contribution is 5.74. The number of hydrogen-bond acceptors (Lipinski definition) is 4. The normalized spacial score (nSPS) is 18.0. The molecule has 2 aromatic heterocycles. The number of likely N-dealkylation sites (tertiary alicyclic amines) is 1. The molecule has 0 atom stereocenters. The van der Waals surface area contributed by atoms with E-state index in [1.807, 2.05) is 30.6 Å². The zero-order valence-electron chi connectivity index (χ0n) is 13.7. The van der Waals surface area contributed by atoms with Crippen LogP contribution >= 0.6 is 0 Å². The number of aromatic nitrogens is 3. The average molecular weight is 322 g/mol. The smallest absolute Gasteiger partial charge is 0.0958 e. The summed E-state index contributed by atoms with van der Waals surface area (Å²) in [4.78, 5) is 11.0. The van der Waals surface area contributed by atoms with Crippen molar-refractivity contribution in [3.8, 4) is 0 Å². The zero-order valence-corrected chi connectivity index (χ0v) is 13.7. The molecule has 3 heterocycles. The number of piperidine rings is 1. The van der Waals surface area contributed by atoms with E-state index in [1.165, 1.54) is 5.52 Å². The van der Waals surface area contributed by atoms with Gasteiger partial charge < -0.3 is 14.6 Å². The number of hydrogen-bond donors (Lipinski definition) is 1. The van der Waals surface area contributed by atoms with Gasteiger partial charge in [-0.05, 0) is 31.0 Å². The number of benzene rings is 1. The summed E-state index contributed by atoms with van der Waals surface area (Å²) in [6.07, 6.45) is 6.96. The predicted molar refractivity (Wildman–Crippen MR) is 93.5 cm³/mol. The second-order valence-electron chi connectivity index (χ2n) is 6.54. The van der Waals surface area contributed by atoms with Gasteiger partial charge in [0.15, 0.2) is 0 Å². The number of aliphatic hydroxyl groups is 1. The maximum atomic E-state index is 10.9. The SMILES string of the molecule is OC1(c2cccnc2)CCN(CCn2cnc3ccccc32)CC1. The Kier molecular flexibility index (Phi) is 4.04. The van der Waals surface area contributed by atoms with Crippen molar-refractivity contribution in [2.45, 2.75) is 25.0 Å². The monoisotopic (exact) mass is 322 g/mol. The van der Waals surface area contributed by atoms with Gasteiger partial charge in [-0.1, -0.05) is 18.2 Å². The molecule has 1 N–H and O–H groups in total. The first-order chi connectivity index (χ1) is 11.7. The summed E-state index contributed by atoms with van der Waals surface area (Å²) in [5.74, 6) is 0. The van der Waals surface area contributed by atoms with Crippen LogP contribution in [0.4, 0.5) is 0 Å². The highest BCUT2D eigenvalue weighted by Gasteiger charge is 2.33. The van der Waals surface area contributed by atoms with Gasteiger partial charge >= 0.3 is 0 Å². The summed E-state index contributed by atoms with van der Waals surface area (Å²) < 4.78 is 2.21. The van der Waals surface area contributed by atoms with Crippen LogP contribution in [0.25, 0.3) is 11.0 Å². The van der Waals surface area contributed by atoms with Crippen molar-refractivity contribution in [3.05, 3.63) is 60.7 Å². The van der Waals surface area contributed by atoms with Crippen molar-refractivity contribution in [1.29, 1.82) is 0 Å². The largest absolute Gasteiger partial charge is 0.385 e. The average Bonchev–Trinajstić information content (AvgIpc) is 3.05. The minimum atomic E-state index is -0.730. The van der Waals surface area contributed by atoms with Gasteiger partial charge in [0.05, 0.1) is 23.0 Å². The molecule has 0 amide bonds. The third-order valence-electron chi connectivity index (χ3n) is 5.07. The van der Waals surface area contributed by atoms with Crippen LogP contribution in [-0.4, -0.2) is 44.2 Å². The Bertz CT molecular complexity index is 806. The van der Waals surface area contributed by atoms with E-state index in [0.29, 0.717) is 0 Å². The van der Waals surface area contributed by atoms with Crippen LogP contribution in [0.1, 0.15) is 18.4 Å². The van der Waals surface area contributed by atoms with Gasteiger partial charge in [-0.15, -0.1) is 0 Å². The molecule has 0 saturated carbocycles. The highest BCUT2D eigenvalue weighted by atomic mass is 16.3. The number of rotatable bonds is 4. The molecule has 3 aromatic rings. The number of para-hydroxylation sites is 2. The lowest BCUT2D eigenvalue weighted by Gasteiger charge is -2.38. The Labute approximate surface area is 141 Å². The molecule has 1 aliphatic rings. The fourth-order valence-electron chi connectivity index (χ4n) is 3.51. The van der Waals surface area contributed by atoms with Crippen LogP contribution < -0.4 is 0 Å². The van der Waals surface area contributed by atoms with Gasteiger partial charge in [-0.25, -0.2) is 4.98 Å². The van der Waals surface area contributed by atoms with Gasteiger partial charge in [0.2, 0.25) is 0 Å². The molecule has 4 rings (SSSR count). The molecule has 5 heteroatoms. The van der Waals surface area contributed by atoms with Crippen LogP contribution in [0.5, 0.6) is 0 Å². The van der Waals surface area contributed by atoms with Gasteiger partial charge in [0.1, 0.15) is 0 Å². The zero-order chi connectivity index (χ0) is 16.4. The summed E-state index contributed by atoms with van der Waals surface area (Å²) >= 11 is 0. The molecule has 124 valence electrons. The number of fused-ring (bicyclic) bond motifs is 1. The Morgan fingerprint density at radius 2 is 1.88 bits per heavy atom. The predicted octanol–water partition coefficient (Wildman–Crippen LogP) is 2.41. The molecule has 1 saturated heterocycles. The Morgan fingerprint density at radius 1 is 1.04 bits per heavy atom. The Morgan fingerprint density at radius 3 is 2.67 bits per heavy atom. The van der Waals surface area contributed by atoms with Crippen LogP contribution in [0.15, 0.2) is 55.1 Å². The lowest BCUT2D eigenvalue weighted by molar-refractivity contribution is -0.0266. The topological polar surface area (TPSA) is 54.2 Å². The standard InChI is InChI=1S/C19H22N4O/c24-19(16-4-3-9-20-14-16)7-10-22(11-8-19)12-13-23-15-21-17-5-1-2-6-18(17)23/h1-6,9,14-15,24H,7-8,10-13H2. The molecule has 0 aliphatic carbocycles. The quantitative estimate of drug-likeness (QED) is 0.801. The lowest BCUT2D eigenvalue weighted by atomic mass is 9.85. The number of nitrogens with zero attached hydrogens (tertiary/aromatic N) is 4. The number of pyridine rings is 1. The van der Waals surface area contributed by atoms with Gasteiger partial charge in [-0.2, -0.15) is 0 Å². The fraction of sp³-hybridized carbons (Fsp3) is 0.368. The Balaban J connectivity index is 1.37. The molecule has 5 nitrogen and oxygen atoms in total. The first kappa shape index (κ1) is 15.3. The number of imidazole rings is 1. The van der Waals surface area contributed by atoms with E-state index in [1.54, 1.807) is 12.4 Å². The van der Waals surface area contributed by atoms with E-state index >= 15 is 0 Å². The van der Waals surface area contributed by atoms with Crippen LogP contribution in [0.2, 0.25) is 0 Å². The summed E-state index contributed by atoms with van der Waals surface area (Å²) in [5.41, 5.74) is 2.43. The van der Waals surface area contributed by atoms with Crippen molar-refractivity contribution < 1.29 is 5.11 Å². The third-order valence-corrected chi connectivity index (χ3v) is 5.07. The molecule has 1 aliphatic heterocycles. The second kappa shape index (κ2) is 6.34. The summed E-state index contributed by atoms with van der Waals surface area (Å²) in [7, 11) is 0.